The van der Waals surface area contributed by atoms with Crippen LogP contribution in [0.5, 0.6) is 0 Å². The topological polar surface area (TPSA) is 156 Å². The highest BCUT2D eigenvalue weighted by atomic mass is 35.5. The van der Waals surface area contributed by atoms with Gasteiger partial charge in [-0.15, -0.1) is 0 Å². The number of benzene rings is 2. The minimum absolute atomic E-state index is 0.00240. The molecule has 202 valence electrons. The number of aliphatic imine (C=N–C) groups is 1. The summed E-state index contributed by atoms with van der Waals surface area (Å²) in [5.74, 6) is -1.89. The van der Waals surface area contributed by atoms with E-state index in [1.54, 1.807) is 62.4 Å². The maximum atomic E-state index is 12.4. The van der Waals surface area contributed by atoms with Crippen molar-refractivity contribution in [2.45, 2.75) is 51.4 Å². The van der Waals surface area contributed by atoms with Crippen LogP contribution in [0, 0.1) is 16.2 Å². The highest BCUT2D eigenvalue weighted by molar-refractivity contribution is 8.26. The first-order chi connectivity index (χ1) is 18.0. The van der Waals surface area contributed by atoms with Gasteiger partial charge in [-0.1, -0.05) is 59.6 Å². The number of nitrogens with one attached hydrogen (secondary N) is 4. The van der Waals surface area contributed by atoms with Crippen LogP contribution in [0.15, 0.2) is 53.5 Å². The molecule has 0 aliphatic rings. The van der Waals surface area contributed by atoms with Crippen molar-refractivity contribution in [3.63, 3.8) is 0 Å². The summed E-state index contributed by atoms with van der Waals surface area (Å²) in [5.41, 5.74) is 7.20. The maximum Gasteiger partial charge on any atom is 0.255 e. The summed E-state index contributed by atoms with van der Waals surface area (Å²) in [6, 6.07) is 14.1. The number of carbonyl (C=O) groups excluding carboxylic acids is 2. The van der Waals surface area contributed by atoms with Crippen LogP contribution in [0.1, 0.15) is 62.5 Å². The second-order valence-electron chi connectivity index (χ2n) is 8.35. The van der Waals surface area contributed by atoms with Crippen molar-refractivity contribution < 1.29 is 9.59 Å². The zero-order valence-corrected chi connectivity index (χ0v) is 24.2. The summed E-state index contributed by atoms with van der Waals surface area (Å²) >= 11 is 14.1. The number of rotatable bonds is 9. The van der Waals surface area contributed by atoms with Gasteiger partial charge >= 0.3 is 0 Å². The highest BCUT2D eigenvalue weighted by Gasteiger charge is 2.20. The summed E-state index contributed by atoms with van der Waals surface area (Å²) in [6.45, 7) is 3.41. The minimum atomic E-state index is -0.552. The predicted octanol–water partition coefficient (Wildman–Crippen LogP) is 6.77. The fourth-order valence-electron chi connectivity index (χ4n) is 3.32. The fourth-order valence-corrected chi connectivity index (χ4v) is 5.20. The molecule has 0 aromatic heterocycles. The van der Waals surface area contributed by atoms with Crippen molar-refractivity contribution in [2.24, 2.45) is 10.7 Å². The van der Waals surface area contributed by atoms with Crippen LogP contribution in [0.4, 0.5) is 0 Å². The molecule has 2 rings (SSSR count). The van der Waals surface area contributed by atoms with E-state index < -0.39 is 17.7 Å². The average molecular weight is 594 g/mol. The van der Waals surface area contributed by atoms with Crippen LogP contribution in [0.25, 0.3) is 0 Å². The maximum absolute atomic E-state index is 12.4. The Hall–Kier alpha value is -2.66. The van der Waals surface area contributed by atoms with Crippen LogP contribution in [-0.2, 0) is 9.59 Å². The molecular formula is C26H30Cl2N6O2S2. The molecule has 6 N–H and O–H groups in total. The molecule has 0 saturated heterocycles. The Morgan fingerprint density at radius 3 is 1.87 bits per heavy atom. The van der Waals surface area contributed by atoms with E-state index in [1.807, 2.05) is 0 Å². The van der Waals surface area contributed by atoms with E-state index in [0.717, 1.165) is 23.5 Å². The van der Waals surface area contributed by atoms with Gasteiger partial charge in [0.2, 0.25) is 5.91 Å². The van der Waals surface area contributed by atoms with Crippen molar-refractivity contribution in [3.05, 3.63) is 69.7 Å². The third-order valence-corrected chi connectivity index (χ3v) is 7.67. The highest BCUT2D eigenvalue weighted by Crippen LogP contribution is 2.26. The van der Waals surface area contributed by atoms with Gasteiger partial charge in [0.1, 0.15) is 0 Å². The van der Waals surface area contributed by atoms with Crippen LogP contribution >= 0.6 is 46.7 Å². The average Bonchev–Trinajstić information content (AvgIpc) is 2.86. The molecule has 8 nitrogen and oxygen atoms in total. The fraction of sp³-hybridized carbons (Fsp3) is 0.308. The molecule has 0 aliphatic carbocycles. The van der Waals surface area contributed by atoms with Crippen molar-refractivity contribution in [3.8, 4) is 0 Å². The summed E-state index contributed by atoms with van der Waals surface area (Å²) in [5, 5.41) is 28.0. The third kappa shape index (κ3) is 10.2. The van der Waals surface area contributed by atoms with E-state index in [1.165, 1.54) is 0 Å². The Balaban J connectivity index is 1.69. The number of halogens is 2. The summed E-state index contributed by atoms with van der Waals surface area (Å²) in [7, 11) is 0. The van der Waals surface area contributed by atoms with Crippen molar-refractivity contribution in [2.75, 3.05) is 0 Å². The number of carbonyl (C=O) groups is 2. The summed E-state index contributed by atoms with van der Waals surface area (Å²) in [6.07, 6.45) is 2.05. The molecule has 0 fully saturated rings. The van der Waals surface area contributed by atoms with Gasteiger partial charge in [-0.3, -0.25) is 25.8 Å². The Morgan fingerprint density at radius 1 is 0.868 bits per heavy atom. The Kier molecular flexibility index (Phi) is 13.0. The first-order valence-electron chi connectivity index (χ1n) is 11.8. The van der Waals surface area contributed by atoms with E-state index in [4.69, 9.17) is 45.2 Å². The monoisotopic (exact) mass is 592 g/mol. The van der Waals surface area contributed by atoms with Crippen molar-refractivity contribution in [1.29, 1.82) is 16.2 Å². The predicted molar refractivity (Wildman–Crippen MR) is 161 cm³/mol. The molecule has 2 atom stereocenters. The summed E-state index contributed by atoms with van der Waals surface area (Å²) in [4.78, 5) is 28.8. The van der Waals surface area contributed by atoms with E-state index in [0.29, 0.717) is 46.9 Å². The lowest BCUT2D eigenvalue weighted by Crippen LogP contribution is -2.32. The zero-order valence-electron chi connectivity index (χ0n) is 21.0. The number of nitrogens with two attached hydrogens (primary N) is 1. The van der Waals surface area contributed by atoms with Crippen LogP contribution in [0.3, 0.4) is 0 Å². The third-order valence-electron chi connectivity index (χ3n) is 5.47. The van der Waals surface area contributed by atoms with Gasteiger partial charge in [0.25, 0.3) is 5.91 Å². The zero-order chi connectivity index (χ0) is 28.2. The van der Waals surface area contributed by atoms with Crippen LogP contribution in [0.2, 0.25) is 10.0 Å². The van der Waals surface area contributed by atoms with Gasteiger partial charge in [0.05, 0.1) is 21.9 Å². The Labute approximate surface area is 241 Å². The van der Waals surface area contributed by atoms with Crippen LogP contribution in [-0.4, -0.2) is 32.2 Å². The molecule has 0 aliphatic heterocycles. The van der Waals surface area contributed by atoms with Gasteiger partial charge in [-0.25, -0.2) is 0 Å². The van der Waals surface area contributed by atoms with E-state index in [-0.39, 0.29) is 26.3 Å². The second-order valence-corrected chi connectivity index (χ2v) is 11.4. The van der Waals surface area contributed by atoms with Gasteiger partial charge in [-0.05, 0) is 86.3 Å². The molecule has 2 aromatic rings. The van der Waals surface area contributed by atoms with Gasteiger partial charge in [0, 0.05) is 10.0 Å². The summed E-state index contributed by atoms with van der Waals surface area (Å²) < 4.78 is 0. The van der Waals surface area contributed by atoms with E-state index in [2.05, 4.69) is 10.3 Å². The molecule has 2 aromatic carbocycles. The molecule has 0 heterocycles. The Bertz CT molecular complexity index is 1240. The second kappa shape index (κ2) is 15.7. The Morgan fingerprint density at radius 2 is 1.34 bits per heavy atom. The molecular weight excluding hydrogens is 563 g/mol. The molecule has 2 unspecified atom stereocenters. The lowest BCUT2D eigenvalue weighted by atomic mass is 10.0. The smallest absolute Gasteiger partial charge is 0.255 e. The molecule has 0 bridgehead atoms. The van der Waals surface area contributed by atoms with E-state index in [9.17, 15) is 9.59 Å². The number of hydrogen-bond donors (Lipinski definition) is 5. The van der Waals surface area contributed by atoms with Gasteiger partial charge < -0.3 is 11.1 Å². The molecule has 0 spiro atoms. The van der Waals surface area contributed by atoms with Crippen molar-refractivity contribution in [1.82, 2.24) is 5.32 Å². The molecule has 2 amide bonds. The molecule has 0 radical (unpaired) electrons. The lowest BCUT2D eigenvalue weighted by Gasteiger charge is -2.14. The number of unbranched alkanes of at least 4 members (excludes halogenated alkanes) is 1. The number of amidine groups is 2. The normalized spacial score (nSPS) is 12.9. The minimum Gasteiger partial charge on any atom is -0.378 e. The lowest BCUT2D eigenvalue weighted by molar-refractivity contribution is -0.121. The first-order valence-corrected chi connectivity index (χ1v) is 14.1. The number of amides is 2. The number of hydrogen-bond acceptors (Lipinski definition) is 7. The largest absolute Gasteiger partial charge is 0.378 e. The van der Waals surface area contributed by atoms with Crippen molar-refractivity contribution >= 4 is 79.0 Å². The molecule has 12 heteroatoms. The molecule has 38 heavy (non-hydrogen) atoms. The number of nitrogens with zero attached hydrogens (tertiary/aromatic N) is 1. The number of thioether (sulfide) groups is 2. The van der Waals surface area contributed by atoms with Crippen LogP contribution < -0.4 is 11.1 Å². The van der Waals surface area contributed by atoms with E-state index >= 15 is 0 Å². The molecule has 0 saturated carbocycles. The SMILES string of the molecule is CC(C(=O)N=C(N)SC(=N)CCCCC(=N)SC(=N)NC(=O)C(C)c1ccccc1Cl)c1ccccc1Cl. The quantitative estimate of drug-likeness (QED) is 0.123. The first kappa shape index (κ1) is 31.6. The van der Waals surface area contributed by atoms with Gasteiger partial charge in [-0.2, -0.15) is 4.99 Å². The van der Waals surface area contributed by atoms with Gasteiger partial charge in [0.15, 0.2) is 10.3 Å². The standard InChI is InChI=1S/C26H30Cl2N6O2S2/c1-15(17-9-3-5-11-19(17)27)23(35)33-25(31)37-21(29)13-7-8-14-22(30)38-26(32)34-24(36)16(2)18-10-4-6-12-20(18)28/h3-6,9-12,15-16,29-30H,7-8,13-14H2,1-2H3,(H2,31,33,35)(H2,32,34,36).